The van der Waals surface area contributed by atoms with Crippen molar-refractivity contribution in [3.8, 4) is 0 Å². The van der Waals surface area contributed by atoms with Crippen molar-refractivity contribution in [3.05, 3.63) is 269 Å². The van der Waals surface area contributed by atoms with E-state index in [1.165, 1.54) is 41.9 Å². The number of anilines is 3. The quantitative estimate of drug-likeness (QED) is 0.0357. The molecule has 2 amide bonds. The van der Waals surface area contributed by atoms with Gasteiger partial charge in [0, 0.05) is 35.5 Å². The lowest BCUT2D eigenvalue weighted by Gasteiger charge is -2.24. The highest BCUT2D eigenvalue weighted by Gasteiger charge is 2.30. The van der Waals surface area contributed by atoms with Crippen LogP contribution in [0.4, 0.5) is 17.1 Å². The second kappa shape index (κ2) is 34.9. The Balaban J connectivity index is 0.000000187. The number of esters is 2. The summed E-state index contributed by atoms with van der Waals surface area (Å²) in [5.74, 6) is -2.02. The predicted molar refractivity (Wildman–Crippen MR) is 345 cm³/mol. The smallest absolute Gasteiger partial charge is 0.354 e. The summed E-state index contributed by atoms with van der Waals surface area (Å²) in [6.07, 6.45) is 5.09. The summed E-state index contributed by atoms with van der Waals surface area (Å²) in [4.78, 5) is 80.2. The summed E-state index contributed by atoms with van der Waals surface area (Å²) >= 11 is 3.38. The van der Waals surface area contributed by atoms with Gasteiger partial charge in [0.1, 0.15) is 34.2 Å². The van der Waals surface area contributed by atoms with Crippen LogP contribution in [-0.2, 0) is 35.7 Å². The number of aromatic amines is 2. The number of carbonyl (C=O) groups is 6. The highest BCUT2D eigenvalue weighted by molar-refractivity contribution is 9.09. The van der Waals surface area contributed by atoms with Gasteiger partial charge in [-0.25, -0.2) is 19.2 Å². The summed E-state index contributed by atoms with van der Waals surface area (Å²) in [6, 6.07) is 68.2. The van der Waals surface area contributed by atoms with Gasteiger partial charge in [-0.3, -0.25) is 9.59 Å². The van der Waals surface area contributed by atoms with E-state index in [-0.39, 0.29) is 55.2 Å². The van der Waals surface area contributed by atoms with Gasteiger partial charge in [-0.05, 0) is 141 Å². The number of amides is 2. The number of nitrogens with zero attached hydrogens (tertiary/aromatic N) is 3. The number of alkyl halides is 1. The van der Waals surface area contributed by atoms with Crippen molar-refractivity contribution >= 4 is 68.7 Å². The van der Waals surface area contributed by atoms with E-state index < -0.39 is 23.9 Å². The van der Waals surface area contributed by atoms with Crippen LogP contribution in [0, 0.1) is 11.8 Å². The Labute approximate surface area is 516 Å². The van der Waals surface area contributed by atoms with E-state index in [1.807, 2.05) is 146 Å². The van der Waals surface area contributed by atoms with Gasteiger partial charge in [0.2, 0.25) is 0 Å². The molecule has 0 unspecified atom stereocenters. The molecule has 9 aromatic rings. The monoisotopic (exact) mass is 1240 g/mol. The summed E-state index contributed by atoms with van der Waals surface area (Å²) < 4.78 is 11.3. The highest BCUT2D eigenvalue weighted by Crippen LogP contribution is 2.33. The van der Waals surface area contributed by atoms with Gasteiger partial charge in [-0.15, -0.1) is 0 Å². The topological polar surface area (TPSA) is 216 Å². The molecular formula is C70H75BrN6O10. The minimum absolute atomic E-state index is 0. The van der Waals surface area contributed by atoms with Gasteiger partial charge >= 0.3 is 23.9 Å². The number of aromatic nitrogens is 3. The van der Waals surface area contributed by atoms with Gasteiger partial charge < -0.3 is 49.3 Å². The molecule has 2 saturated carbocycles. The molecule has 0 aliphatic heterocycles. The number of carboxylic acid groups (broad SMARTS) is 2. The SMILES string of the molecule is BrCC1CC1.C.CCOC(=O)c1ccc(C(=O)N(Cc2ccccc2)c2ccccc2)[nH]1.CCOC(=O)c1ccc(C(=O)O)[nH]1.O=C(O)c1ccc(C(=O)N(Cc2ccccc2)c2ccccc2)n1CC1CC1.c1ccc(CNc2ccccc2)cc1. The van der Waals surface area contributed by atoms with Crippen molar-refractivity contribution in [2.24, 2.45) is 11.8 Å². The van der Waals surface area contributed by atoms with E-state index in [2.05, 4.69) is 72.3 Å². The lowest BCUT2D eigenvalue weighted by atomic mass is 10.2. The van der Waals surface area contributed by atoms with Gasteiger partial charge in [-0.2, -0.15) is 0 Å². The maximum atomic E-state index is 13.5. The molecule has 87 heavy (non-hydrogen) atoms. The molecule has 3 aromatic heterocycles. The van der Waals surface area contributed by atoms with Crippen molar-refractivity contribution in [2.45, 2.75) is 73.1 Å². The fourth-order valence-corrected chi connectivity index (χ4v) is 9.16. The molecule has 0 spiro atoms. The van der Waals surface area contributed by atoms with E-state index in [9.17, 15) is 33.9 Å². The van der Waals surface area contributed by atoms with E-state index >= 15 is 0 Å². The van der Waals surface area contributed by atoms with Crippen molar-refractivity contribution in [3.63, 3.8) is 0 Å². The first-order chi connectivity index (χ1) is 41.8. The Morgan fingerprint density at radius 3 is 1.28 bits per heavy atom. The average molecular weight is 1240 g/mol. The fourth-order valence-electron chi connectivity index (χ4n) is 8.51. The molecule has 6 aromatic carbocycles. The summed E-state index contributed by atoms with van der Waals surface area (Å²) in [5.41, 5.74) is 7.39. The van der Waals surface area contributed by atoms with Crippen molar-refractivity contribution < 1.29 is 48.5 Å². The first kappa shape index (κ1) is 66.4. The average Bonchev–Trinajstić information content (AvgIpc) is 2.12. The Morgan fingerprint density at radius 1 is 0.483 bits per heavy atom. The Morgan fingerprint density at radius 2 is 0.874 bits per heavy atom. The Kier molecular flexibility index (Phi) is 26.6. The first-order valence-corrected chi connectivity index (χ1v) is 29.6. The first-order valence-electron chi connectivity index (χ1n) is 28.4. The van der Waals surface area contributed by atoms with E-state index in [4.69, 9.17) is 9.84 Å². The molecule has 0 radical (unpaired) electrons. The number of benzene rings is 6. The second-order valence-corrected chi connectivity index (χ2v) is 20.7. The molecule has 0 saturated heterocycles. The molecule has 0 bridgehead atoms. The minimum atomic E-state index is -1.10. The standard InChI is InChI=1S/C23H22N2O3.C21H20N2O3.C13H13N.C8H9NO4.C4H7Br.CH4/c26-22(20-13-14-21(23(27)28)25(20)16-18-11-12-18)24(19-9-5-2-6-10-19)15-17-7-3-1-4-8-17;1-2-26-21(25)19-14-13-18(22-19)20(24)23(17-11-7-4-8-12-17)15-16-9-5-3-6-10-16;1-3-7-12(8-4-1)11-14-13-9-5-2-6-10-13;1-2-13-8(12)6-4-3-5(9-6)7(10)11;5-3-4-1-2-4;/h1-10,13-14,18H,11-12,15-16H2,(H,27,28);3-14,22H,2,15H2,1H3;1-10,14H,11H2;3-4,9H,2H2,1H3,(H,10,11);4H,1-3H2;1H4. The molecule has 2 aliphatic rings. The van der Waals surface area contributed by atoms with Crippen LogP contribution in [0.5, 0.6) is 0 Å². The normalized spacial score (nSPS) is 11.7. The van der Waals surface area contributed by atoms with E-state index in [0.717, 1.165) is 53.5 Å². The Bertz CT molecular complexity index is 3500. The lowest BCUT2D eigenvalue weighted by Crippen LogP contribution is -2.32. The van der Waals surface area contributed by atoms with Gasteiger partial charge in [0.05, 0.1) is 26.3 Å². The Hall–Kier alpha value is -9.74. The molecule has 5 N–H and O–H groups in total. The third kappa shape index (κ3) is 21.4. The number of nitrogens with one attached hydrogen (secondary N) is 3. The van der Waals surface area contributed by atoms with Crippen LogP contribution in [-0.4, -0.2) is 79.0 Å². The van der Waals surface area contributed by atoms with E-state index in [0.29, 0.717) is 36.9 Å². The molecule has 452 valence electrons. The largest absolute Gasteiger partial charge is 0.477 e. The molecular weight excluding hydrogens is 1160 g/mol. The van der Waals surface area contributed by atoms with Crippen molar-refractivity contribution in [1.29, 1.82) is 0 Å². The maximum absolute atomic E-state index is 13.5. The zero-order chi connectivity index (χ0) is 61.0. The molecule has 2 aliphatic carbocycles. The van der Waals surface area contributed by atoms with Crippen LogP contribution in [0.2, 0.25) is 0 Å². The van der Waals surface area contributed by atoms with Crippen LogP contribution >= 0.6 is 15.9 Å². The summed E-state index contributed by atoms with van der Waals surface area (Å²) in [6.45, 7) is 6.26. The molecule has 16 nitrogen and oxygen atoms in total. The number of hydrogen-bond donors (Lipinski definition) is 5. The molecule has 2 fully saturated rings. The zero-order valence-corrected chi connectivity index (χ0v) is 49.7. The molecule has 17 heteroatoms. The van der Waals surface area contributed by atoms with Crippen LogP contribution in [0.3, 0.4) is 0 Å². The number of ether oxygens (including phenoxy) is 2. The third-order valence-corrected chi connectivity index (χ3v) is 14.3. The van der Waals surface area contributed by atoms with Gasteiger partial charge in [0.15, 0.2) is 0 Å². The number of aromatic carboxylic acids is 2. The fraction of sp³-hybridized carbons (Fsp3) is 0.229. The number of halogens is 1. The number of para-hydroxylation sites is 3. The van der Waals surface area contributed by atoms with Crippen LogP contribution in [0.25, 0.3) is 0 Å². The number of H-pyrrole nitrogens is 2. The molecule has 11 rings (SSSR count). The van der Waals surface area contributed by atoms with Gasteiger partial charge in [-0.1, -0.05) is 169 Å². The summed E-state index contributed by atoms with van der Waals surface area (Å²) in [5, 5.41) is 22.7. The number of carboxylic acids is 2. The second-order valence-electron chi connectivity index (χ2n) is 20.0. The number of carbonyl (C=O) groups excluding carboxylic acids is 4. The van der Waals surface area contributed by atoms with Crippen LogP contribution < -0.4 is 15.1 Å². The molecule has 3 heterocycles. The number of hydrogen-bond acceptors (Lipinski definition) is 9. The van der Waals surface area contributed by atoms with Crippen molar-refractivity contribution in [1.82, 2.24) is 14.5 Å². The highest BCUT2D eigenvalue weighted by atomic mass is 79.9. The minimum Gasteiger partial charge on any atom is -0.477 e. The summed E-state index contributed by atoms with van der Waals surface area (Å²) in [7, 11) is 0. The molecule has 0 atom stereocenters. The van der Waals surface area contributed by atoms with E-state index in [1.54, 1.807) is 46.4 Å². The van der Waals surface area contributed by atoms with Crippen LogP contribution in [0.1, 0.15) is 127 Å². The zero-order valence-electron chi connectivity index (χ0n) is 48.1. The van der Waals surface area contributed by atoms with Crippen LogP contribution in [0.15, 0.2) is 218 Å². The van der Waals surface area contributed by atoms with Crippen molar-refractivity contribution in [2.75, 3.05) is 33.7 Å². The predicted octanol–water partition coefficient (Wildman–Crippen LogP) is 15.1. The third-order valence-electron chi connectivity index (χ3n) is 13.4. The van der Waals surface area contributed by atoms with Gasteiger partial charge in [0.25, 0.3) is 11.8 Å². The number of rotatable bonds is 20. The maximum Gasteiger partial charge on any atom is 0.354 e. The lowest BCUT2D eigenvalue weighted by molar-refractivity contribution is 0.0510.